The molecule has 1 fully saturated rings. The van der Waals surface area contributed by atoms with Gasteiger partial charge in [-0.15, -0.1) is 0 Å². The molecule has 7 nitrogen and oxygen atoms in total. The molecule has 1 aromatic rings. The fourth-order valence-corrected chi connectivity index (χ4v) is 1.35. The van der Waals surface area contributed by atoms with Crippen molar-refractivity contribution in [2.24, 2.45) is 5.10 Å². The van der Waals surface area contributed by atoms with Gasteiger partial charge in [0.05, 0.1) is 12.3 Å². The highest BCUT2D eigenvalue weighted by Gasteiger charge is 2.23. The molecule has 90 valence electrons. The zero-order valence-corrected chi connectivity index (χ0v) is 9.34. The Morgan fingerprint density at radius 3 is 3.24 bits per heavy atom. The Morgan fingerprint density at radius 2 is 2.47 bits per heavy atom. The normalized spacial score (nSPS) is 24.2. The van der Waals surface area contributed by atoms with Gasteiger partial charge in [-0.25, -0.2) is 10.2 Å². The fourth-order valence-electron chi connectivity index (χ4n) is 1.35. The van der Waals surface area contributed by atoms with E-state index in [0.29, 0.717) is 0 Å². The van der Waals surface area contributed by atoms with Crippen LogP contribution in [0.4, 0.5) is 4.79 Å². The third kappa shape index (κ3) is 3.15. The van der Waals surface area contributed by atoms with Crippen LogP contribution in [0.15, 0.2) is 29.6 Å². The summed E-state index contributed by atoms with van der Waals surface area (Å²) in [6, 6.07) is 3.47. The van der Waals surface area contributed by atoms with Crippen LogP contribution < -0.4 is 21.6 Å². The van der Waals surface area contributed by atoms with E-state index < -0.39 is 0 Å². The summed E-state index contributed by atoms with van der Waals surface area (Å²) in [6.45, 7) is 1.92. The number of hydrogen-bond acceptors (Lipinski definition) is 5. The predicted octanol–water partition coefficient (Wildman–Crippen LogP) is -0.463. The van der Waals surface area contributed by atoms with Gasteiger partial charge >= 0.3 is 6.03 Å². The molecule has 0 spiro atoms. The second-order valence-electron chi connectivity index (χ2n) is 3.68. The van der Waals surface area contributed by atoms with Gasteiger partial charge in [0.15, 0.2) is 0 Å². The Bertz CT molecular complexity index is 407. The van der Waals surface area contributed by atoms with Crippen molar-refractivity contribution < 1.29 is 4.79 Å². The number of nitrogens with one attached hydrogen (secondary N) is 4. The molecule has 0 aromatic carbocycles. The number of hydrogen-bond donors (Lipinski definition) is 4. The van der Waals surface area contributed by atoms with Crippen molar-refractivity contribution in [1.29, 1.82) is 0 Å². The lowest BCUT2D eigenvalue weighted by atomic mass is 10.2. The Labute approximate surface area is 98.7 Å². The van der Waals surface area contributed by atoms with E-state index in [-0.39, 0.29) is 18.2 Å². The lowest BCUT2D eigenvalue weighted by molar-refractivity contribution is 0.202. The summed E-state index contributed by atoms with van der Waals surface area (Å²) in [7, 11) is 0. The Hall–Kier alpha value is -2.15. The van der Waals surface area contributed by atoms with E-state index in [1.807, 2.05) is 19.1 Å². The standard InChI is InChI=1S/C10H14N6O/c1-7-9(13-10(17)16-14-7)15-12-6-8-3-2-4-11-5-8/h2-7,9,14-15H,1H3,(H2,13,16,17)/b12-6+. The number of hydrazine groups is 1. The Balaban J connectivity index is 1.89. The molecule has 0 aliphatic carbocycles. The van der Waals surface area contributed by atoms with Crippen molar-refractivity contribution in [2.45, 2.75) is 19.1 Å². The maximum Gasteiger partial charge on any atom is 0.330 e. The molecular weight excluding hydrogens is 220 g/mol. The molecule has 7 heteroatoms. The summed E-state index contributed by atoms with van der Waals surface area (Å²) >= 11 is 0. The van der Waals surface area contributed by atoms with Crippen molar-refractivity contribution in [3.63, 3.8) is 0 Å². The van der Waals surface area contributed by atoms with Gasteiger partial charge in [0.1, 0.15) is 6.17 Å². The lowest BCUT2D eigenvalue weighted by Crippen LogP contribution is -2.67. The van der Waals surface area contributed by atoms with Gasteiger partial charge in [0.25, 0.3) is 0 Å². The molecule has 4 N–H and O–H groups in total. The Morgan fingerprint density at radius 1 is 1.59 bits per heavy atom. The van der Waals surface area contributed by atoms with Crippen LogP contribution in [0.3, 0.4) is 0 Å². The smallest absolute Gasteiger partial charge is 0.314 e. The second kappa shape index (κ2) is 5.26. The number of carbonyl (C=O) groups excluding carboxylic acids is 1. The van der Waals surface area contributed by atoms with E-state index in [1.165, 1.54) is 0 Å². The first-order chi connectivity index (χ1) is 8.25. The summed E-state index contributed by atoms with van der Waals surface area (Å²) in [4.78, 5) is 15.0. The average Bonchev–Trinajstić information content (AvgIpc) is 2.35. The molecule has 1 saturated heterocycles. The van der Waals surface area contributed by atoms with E-state index in [9.17, 15) is 4.79 Å². The average molecular weight is 234 g/mol. The summed E-state index contributed by atoms with van der Waals surface area (Å²) in [6.07, 6.45) is 4.79. The van der Waals surface area contributed by atoms with Gasteiger partial charge in [-0.3, -0.25) is 15.8 Å². The van der Waals surface area contributed by atoms with Crippen LogP contribution >= 0.6 is 0 Å². The number of aromatic nitrogens is 1. The highest BCUT2D eigenvalue weighted by molar-refractivity contribution is 5.78. The first-order valence-corrected chi connectivity index (χ1v) is 5.26. The van der Waals surface area contributed by atoms with Gasteiger partial charge in [-0.2, -0.15) is 5.10 Å². The van der Waals surface area contributed by atoms with E-state index >= 15 is 0 Å². The second-order valence-corrected chi connectivity index (χ2v) is 3.68. The highest BCUT2D eigenvalue weighted by atomic mass is 16.2. The third-order valence-electron chi connectivity index (χ3n) is 2.31. The molecular formula is C10H14N6O. The van der Waals surface area contributed by atoms with Crippen LogP contribution in [0.1, 0.15) is 12.5 Å². The third-order valence-corrected chi connectivity index (χ3v) is 2.31. The number of hydrazone groups is 1. The minimum absolute atomic E-state index is 0.0266. The highest BCUT2D eigenvalue weighted by Crippen LogP contribution is 1.94. The summed E-state index contributed by atoms with van der Waals surface area (Å²) in [5, 5.41) is 6.75. The number of pyridine rings is 1. The zero-order valence-electron chi connectivity index (χ0n) is 9.34. The van der Waals surface area contributed by atoms with E-state index in [4.69, 9.17) is 0 Å². The molecule has 2 heterocycles. The van der Waals surface area contributed by atoms with Gasteiger partial charge < -0.3 is 5.32 Å². The van der Waals surface area contributed by atoms with E-state index in [2.05, 4.69) is 31.7 Å². The summed E-state index contributed by atoms with van der Waals surface area (Å²) < 4.78 is 0. The number of rotatable bonds is 3. The van der Waals surface area contributed by atoms with Crippen molar-refractivity contribution in [3.05, 3.63) is 30.1 Å². The Kier molecular flexibility index (Phi) is 3.51. The summed E-state index contributed by atoms with van der Waals surface area (Å²) in [5.41, 5.74) is 9.03. The molecule has 1 aliphatic heterocycles. The van der Waals surface area contributed by atoms with Gasteiger partial charge in [0.2, 0.25) is 0 Å². The molecule has 2 atom stereocenters. The largest absolute Gasteiger partial charge is 0.330 e. The maximum atomic E-state index is 11.1. The first kappa shape index (κ1) is 11.3. The van der Waals surface area contributed by atoms with Crippen LogP contribution in [0.5, 0.6) is 0 Å². The van der Waals surface area contributed by atoms with Crippen LogP contribution in [0.25, 0.3) is 0 Å². The van der Waals surface area contributed by atoms with Gasteiger partial charge in [0, 0.05) is 18.0 Å². The quantitative estimate of drug-likeness (QED) is 0.420. The first-order valence-electron chi connectivity index (χ1n) is 5.26. The molecule has 17 heavy (non-hydrogen) atoms. The molecule has 1 aromatic heterocycles. The fraction of sp³-hybridized carbons (Fsp3) is 0.300. The lowest BCUT2D eigenvalue weighted by Gasteiger charge is -2.30. The van der Waals surface area contributed by atoms with Crippen LogP contribution in [-0.4, -0.2) is 29.4 Å². The number of carbonyl (C=O) groups is 1. The van der Waals surface area contributed by atoms with Crippen LogP contribution in [0.2, 0.25) is 0 Å². The number of amides is 2. The predicted molar refractivity (Wildman–Crippen MR) is 63.0 cm³/mol. The molecule has 2 unspecified atom stereocenters. The maximum absolute atomic E-state index is 11.1. The SMILES string of the molecule is CC1NNC(=O)NC1N/N=C/c1cccnc1. The zero-order chi connectivity index (χ0) is 12.1. The molecule has 1 aliphatic rings. The minimum Gasteiger partial charge on any atom is -0.314 e. The van der Waals surface area contributed by atoms with E-state index in [0.717, 1.165) is 5.56 Å². The number of nitrogens with zero attached hydrogens (tertiary/aromatic N) is 2. The minimum atomic E-state index is -0.280. The number of urea groups is 1. The topological polar surface area (TPSA) is 90.4 Å². The van der Waals surface area contributed by atoms with Crippen molar-refractivity contribution in [2.75, 3.05) is 0 Å². The molecule has 2 rings (SSSR count). The van der Waals surface area contributed by atoms with Crippen molar-refractivity contribution in [3.8, 4) is 0 Å². The molecule has 0 bridgehead atoms. The van der Waals surface area contributed by atoms with Crippen molar-refractivity contribution in [1.82, 2.24) is 26.6 Å². The van der Waals surface area contributed by atoms with E-state index in [1.54, 1.807) is 18.6 Å². The van der Waals surface area contributed by atoms with Crippen LogP contribution in [-0.2, 0) is 0 Å². The molecule has 2 amide bonds. The van der Waals surface area contributed by atoms with Gasteiger partial charge in [-0.05, 0) is 13.0 Å². The molecule has 0 radical (unpaired) electrons. The van der Waals surface area contributed by atoms with Crippen molar-refractivity contribution >= 4 is 12.2 Å². The molecule has 0 saturated carbocycles. The summed E-state index contributed by atoms with van der Waals surface area (Å²) in [5.74, 6) is 0. The monoisotopic (exact) mass is 234 g/mol. The van der Waals surface area contributed by atoms with Gasteiger partial charge in [-0.1, -0.05) is 6.07 Å². The van der Waals surface area contributed by atoms with Crippen LogP contribution in [0, 0.1) is 0 Å².